The second-order valence-corrected chi connectivity index (χ2v) is 7.51. The highest BCUT2D eigenvalue weighted by Crippen LogP contribution is 2.17. The number of hydrogen-bond donors (Lipinski definition) is 2. The zero-order valence-electron chi connectivity index (χ0n) is 16.7. The second-order valence-electron chi connectivity index (χ2n) is 7.51. The molecule has 4 rings (SSSR count). The smallest absolute Gasteiger partial charge is 0.256 e. The minimum atomic E-state index is -0.500. The second kappa shape index (κ2) is 9.09. The fourth-order valence-corrected chi connectivity index (χ4v) is 3.85. The topological polar surface area (TPSA) is 68.4 Å². The van der Waals surface area contributed by atoms with E-state index in [1.54, 1.807) is 17.0 Å². The lowest BCUT2D eigenvalue weighted by Crippen LogP contribution is -2.51. The first-order valence-corrected chi connectivity index (χ1v) is 10.2. The Morgan fingerprint density at radius 3 is 2.53 bits per heavy atom. The van der Waals surface area contributed by atoms with E-state index in [1.807, 2.05) is 29.3 Å². The average molecular weight is 408 g/mol. The average Bonchev–Trinajstić information content (AvgIpc) is 3.17. The lowest BCUT2D eigenvalue weighted by atomic mass is 10.1. The molecule has 0 aliphatic carbocycles. The van der Waals surface area contributed by atoms with E-state index in [1.165, 1.54) is 23.1 Å². The molecule has 0 spiro atoms. The molecule has 1 fully saturated rings. The fraction of sp³-hybridized carbons (Fsp3) is 0.304. The molecule has 0 unspecified atom stereocenters. The Kier molecular flexibility index (Phi) is 6.09. The predicted octanol–water partition coefficient (Wildman–Crippen LogP) is 2.42. The first kappa shape index (κ1) is 20.1. The molecule has 6 nitrogen and oxygen atoms in total. The third kappa shape index (κ3) is 4.52. The molecule has 0 radical (unpaired) electrons. The van der Waals surface area contributed by atoms with Crippen LogP contribution in [0.15, 0.2) is 54.7 Å². The van der Waals surface area contributed by atoms with Crippen molar-refractivity contribution in [1.82, 2.24) is 20.1 Å². The largest absolute Gasteiger partial charge is 0.361 e. The predicted molar refractivity (Wildman–Crippen MR) is 114 cm³/mol. The van der Waals surface area contributed by atoms with Gasteiger partial charge in [-0.15, -0.1) is 0 Å². The normalized spacial score (nSPS) is 14.8. The molecule has 1 aromatic heterocycles. The quantitative estimate of drug-likeness (QED) is 0.658. The number of carbonyl (C=O) groups is 2. The van der Waals surface area contributed by atoms with Crippen LogP contribution in [-0.2, 0) is 11.2 Å². The van der Waals surface area contributed by atoms with E-state index in [-0.39, 0.29) is 17.4 Å². The molecule has 2 N–H and O–H groups in total. The number of piperazine rings is 1. The number of hydrogen-bond acceptors (Lipinski definition) is 3. The highest BCUT2D eigenvalue weighted by Gasteiger charge is 2.24. The van der Waals surface area contributed by atoms with Crippen LogP contribution in [0.4, 0.5) is 4.39 Å². The van der Waals surface area contributed by atoms with Crippen molar-refractivity contribution in [1.29, 1.82) is 0 Å². The molecule has 1 saturated heterocycles. The summed E-state index contributed by atoms with van der Waals surface area (Å²) in [5, 5.41) is 4.16. The van der Waals surface area contributed by atoms with Crippen molar-refractivity contribution in [2.45, 2.75) is 6.42 Å². The van der Waals surface area contributed by atoms with Gasteiger partial charge < -0.3 is 15.2 Å². The first-order chi connectivity index (χ1) is 14.6. The Balaban J connectivity index is 1.21. The van der Waals surface area contributed by atoms with Crippen LogP contribution in [0.5, 0.6) is 0 Å². The molecular weight excluding hydrogens is 383 g/mol. The maximum absolute atomic E-state index is 13.8. The lowest BCUT2D eigenvalue weighted by molar-refractivity contribution is -0.122. The summed E-state index contributed by atoms with van der Waals surface area (Å²) in [5.74, 6) is -0.820. The molecule has 2 aromatic carbocycles. The van der Waals surface area contributed by atoms with Gasteiger partial charge in [0.1, 0.15) is 5.82 Å². The summed E-state index contributed by atoms with van der Waals surface area (Å²) in [7, 11) is 0. The molecular formula is C23H25FN4O2. The number of aromatic nitrogens is 1. The van der Waals surface area contributed by atoms with E-state index in [0.29, 0.717) is 39.3 Å². The minimum absolute atomic E-state index is 0.0243. The van der Waals surface area contributed by atoms with Crippen molar-refractivity contribution in [3.8, 4) is 0 Å². The Bertz CT molecular complexity index is 1040. The maximum atomic E-state index is 13.8. The summed E-state index contributed by atoms with van der Waals surface area (Å²) in [6, 6.07) is 14.1. The molecule has 0 bridgehead atoms. The Hall–Kier alpha value is -3.19. The van der Waals surface area contributed by atoms with Gasteiger partial charge in [0.2, 0.25) is 5.91 Å². The van der Waals surface area contributed by atoms with Crippen molar-refractivity contribution in [3.63, 3.8) is 0 Å². The molecule has 0 saturated carbocycles. The van der Waals surface area contributed by atoms with Crippen LogP contribution in [0.1, 0.15) is 15.9 Å². The van der Waals surface area contributed by atoms with Crippen LogP contribution < -0.4 is 5.32 Å². The van der Waals surface area contributed by atoms with Crippen molar-refractivity contribution in [3.05, 3.63) is 71.7 Å². The number of para-hydroxylation sites is 1. The third-order valence-electron chi connectivity index (χ3n) is 5.52. The summed E-state index contributed by atoms with van der Waals surface area (Å²) < 4.78 is 13.8. The number of fused-ring (bicyclic) bond motifs is 1. The number of rotatable bonds is 6. The van der Waals surface area contributed by atoms with Crippen molar-refractivity contribution in [2.75, 3.05) is 39.3 Å². The van der Waals surface area contributed by atoms with Crippen LogP contribution in [0.3, 0.4) is 0 Å². The summed E-state index contributed by atoms with van der Waals surface area (Å²) >= 11 is 0. The number of aromatic amines is 1. The van der Waals surface area contributed by atoms with Gasteiger partial charge in [0.05, 0.1) is 12.1 Å². The molecule has 3 aromatic rings. The standard InChI is InChI=1S/C23H25FN4O2/c24-20-7-3-1-6-19(20)23(30)28-13-11-27(12-14-28)16-22(29)25-10-9-17-15-26-21-8-4-2-5-18(17)21/h1-8,15,26H,9-14,16H2,(H,25,29). The molecule has 30 heavy (non-hydrogen) atoms. The Morgan fingerprint density at radius 2 is 1.73 bits per heavy atom. The molecule has 1 aliphatic heterocycles. The number of nitrogens with zero attached hydrogens (tertiary/aromatic N) is 2. The SMILES string of the molecule is O=C(CN1CCN(C(=O)c2ccccc2F)CC1)NCCc1c[nH]c2ccccc12. The fourth-order valence-electron chi connectivity index (χ4n) is 3.85. The first-order valence-electron chi connectivity index (χ1n) is 10.2. The molecule has 2 amide bonds. The number of H-pyrrole nitrogens is 1. The number of amides is 2. The molecule has 156 valence electrons. The Labute approximate surface area is 174 Å². The minimum Gasteiger partial charge on any atom is -0.361 e. The van der Waals surface area contributed by atoms with Crippen LogP contribution in [0.25, 0.3) is 10.9 Å². The number of benzene rings is 2. The summed E-state index contributed by atoms with van der Waals surface area (Å²) in [6.07, 6.45) is 2.75. The number of carbonyl (C=O) groups excluding carboxylic acids is 2. The highest BCUT2D eigenvalue weighted by atomic mass is 19.1. The van der Waals surface area contributed by atoms with Crippen LogP contribution >= 0.6 is 0 Å². The van der Waals surface area contributed by atoms with Gasteiger partial charge in [0, 0.05) is 49.8 Å². The van der Waals surface area contributed by atoms with Crippen molar-refractivity contribution >= 4 is 22.7 Å². The molecule has 1 aliphatic rings. The van der Waals surface area contributed by atoms with Gasteiger partial charge in [-0.25, -0.2) is 4.39 Å². The monoisotopic (exact) mass is 408 g/mol. The lowest BCUT2D eigenvalue weighted by Gasteiger charge is -2.34. The zero-order chi connectivity index (χ0) is 20.9. The number of nitrogens with one attached hydrogen (secondary N) is 2. The van der Waals surface area contributed by atoms with Crippen LogP contribution in [-0.4, -0.2) is 65.9 Å². The van der Waals surface area contributed by atoms with E-state index in [0.717, 1.165) is 11.9 Å². The van der Waals surface area contributed by atoms with E-state index < -0.39 is 5.82 Å². The van der Waals surface area contributed by atoms with Crippen LogP contribution in [0, 0.1) is 5.82 Å². The summed E-state index contributed by atoms with van der Waals surface area (Å²) in [6.45, 7) is 3.03. The van der Waals surface area contributed by atoms with Gasteiger partial charge in [0.15, 0.2) is 0 Å². The third-order valence-corrected chi connectivity index (χ3v) is 5.52. The van der Waals surface area contributed by atoms with E-state index in [4.69, 9.17) is 0 Å². The summed E-state index contributed by atoms with van der Waals surface area (Å²) in [4.78, 5) is 31.7. The van der Waals surface area contributed by atoms with Crippen molar-refractivity contribution in [2.24, 2.45) is 0 Å². The van der Waals surface area contributed by atoms with Gasteiger partial charge in [0.25, 0.3) is 5.91 Å². The molecule has 0 atom stereocenters. The Morgan fingerprint density at radius 1 is 1.00 bits per heavy atom. The molecule has 7 heteroatoms. The van der Waals surface area contributed by atoms with E-state index in [2.05, 4.69) is 16.4 Å². The molecule has 2 heterocycles. The van der Waals surface area contributed by atoms with Gasteiger partial charge >= 0.3 is 0 Å². The van der Waals surface area contributed by atoms with Gasteiger partial charge in [-0.05, 0) is 30.2 Å². The van der Waals surface area contributed by atoms with Gasteiger partial charge in [-0.2, -0.15) is 0 Å². The van der Waals surface area contributed by atoms with E-state index in [9.17, 15) is 14.0 Å². The highest BCUT2D eigenvalue weighted by molar-refractivity contribution is 5.94. The maximum Gasteiger partial charge on any atom is 0.256 e. The van der Waals surface area contributed by atoms with Gasteiger partial charge in [-0.3, -0.25) is 14.5 Å². The summed E-state index contributed by atoms with van der Waals surface area (Å²) in [5.41, 5.74) is 2.38. The zero-order valence-corrected chi connectivity index (χ0v) is 16.7. The van der Waals surface area contributed by atoms with E-state index >= 15 is 0 Å². The van der Waals surface area contributed by atoms with Crippen LogP contribution in [0.2, 0.25) is 0 Å². The van der Waals surface area contributed by atoms with Gasteiger partial charge in [-0.1, -0.05) is 30.3 Å². The number of halogens is 1. The van der Waals surface area contributed by atoms with Crippen molar-refractivity contribution < 1.29 is 14.0 Å².